The number of Topliss-reactive ketones (excluding diaryl/α,β-unsaturated/α-hetero) is 1. The highest BCUT2D eigenvalue weighted by Crippen LogP contribution is 2.38. The predicted octanol–water partition coefficient (Wildman–Crippen LogP) is 8.51. The van der Waals surface area contributed by atoms with Crippen LogP contribution < -0.4 is 20.9 Å². The third-order valence-corrected chi connectivity index (χ3v) is 13.4. The molecule has 0 spiro atoms. The van der Waals surface area contributed by atoms with Crippen molar-refractivity contribution in [1.82, 2.24) is 15.6 Å². The number of phenols is 1. The fourth-order valence-corrected chi connectivity index (χ4v) is 9.96. The van der Waals surface area contributed by atoms with E-state index in [9.17, 15) is 24.6 Å². The summed E-state index contributed by atoms with van der Waals surface area (Å²) in [7, 11) is 0. The highest BCUT2D eigenvalue weighted by molar-refractivity contribution is 5.97. The van der Waals surface area contributed by atoms with Gasteiger partial charge < -0.3 is 39.8 Å². The molecule has 2 bridgehead atoms. The van der Waals surface area contributed by atoms with Gasteiger partial charge in [0, 0.05) is 42.3 Å². The molecular weight excluding hydrogens is 757 g/mol. The van der Waals surface area contributed by atoms with Crippen LogP contribution in [0.25, 0.3) is 10.9 Å². The number of H-pyrrole nitrogens is 1. The van der Waals surface area contributed by atoms with Crippen molar-refractivity contribution < 1.29 is 33.8 Å². The van der Waals surface area contributed by atoms with Gasteiger partial charge in [-0.2, -0.15) is 0 Å². The molecule has 3 aliphatic heterocycles. The maximum absolute atomic E-state index is 13.7. The normalized spacial score (nSPS) is 21.4. The number of amides is 1. The zero-order valence-corrected chi connectivity index (χ0v) is 35.1. The SMILES string of the molecule is O=C(NC(c1cccc(OCCCCCCCCCNC[C@@H](O)c2ccc(O)c3[nH]c(=O)ccc23)c1)C1CCCCC1)O[C@H]1C[N+]2(CC(=O)c3ccccc3)CCC1CC2. The molecule has 11 heteroatoms. The summed E-state index contributed by atoms with van der Waals surface area (Å²) in [5.74, 6) is 1.68. The van der Waals surface area contributed by atoms with E-state index in [1.807, 2.05) is 42.5 Å². The zero-order chi connectivity index (χ0) is 41.7. The Morgan fingerprint density at radius 2 is 1.58 bits per heavy atom. The number of aromatic nitrogens is 1. The van der Waals surface area contributed by atoms with Crippen LogP contribution in [-0.2, 0) is 4.74 Å². The summed E-state index contributed by atoms with van der Waals surface area (Å²) < 4.78 is 13.2. The van der Waals surface area contributed by atoms with Crippen LogP contribution in [-0.4, -0.2) is 83.5 Å². The number of alkyl carbamates (subject to hydrolysis) is 1. The van der Waals surface area contributed by atoms with Crippen molar-refractivity contribution in [3.05, 3.63) is 106 Å². The highest BCUT2D eigenvalue weighted by Gasteiger charge is 2.48. The number of ketones is 1. The lowest BCUT2D eigenvalue weighted by Crippen LogP contribution is -2.66. The van der Waals surface area contributed by atoms with E-state index in [1.165, 1.54) is 37.8 Å². The van der Waals surface area contributed by atoms with E-state index in [0.29, 0.717) is 59.0 Å². The Hall–Kier alpha value is -4.71. The minimum absolute atomic E-state index is 0.0105. The average Bonchev–Trinajstić information content (AvgIpc) is 3.27. The van der Waals surface area contributed by atoms with Crippen molar-refractivity contribution in [3.63, 3.8) is 0 Å². The zero-order valence-electron chi connectivity index (χ0n) is 35.1. The van der Waals surface area contributed by atoms with E-state index in [-0.39, 0.29) is 35.3 Å². The number of ether oxygens (including phenoxy) is 2. The summed E-state index contributed by atoms with van der Waals surface area (Å²) in [5, 5.41) is 28.2. The molecule has 5 N–H and O–H groups in total. The van der Waals surface area contributed by atoms with E-state index >= 15 is 0 Å². The molecule has 3 saturated heterocycles. The molecule has 4 aliphatic rings. The van der Waals surface area contributed by atoms with Crippen molar-refractivity contribution in [3.8, 4) is 11.5 Å². The maximum Gasteiger partial charge on any atom is 0.408 e. The van der Waals surface area contributed by atoms with Gasteiger partial charge in [-0.3, -0.25) is 9.59 Å². The van der Waals surface area contributed by atoms with Crippen LogP contribution >= 0.6 is 0 Å². The molecule has 1 unspecified atom stereocenters. The first-order chi connectivity index (χ1) is 29.3. The van der Waals surface area contributed by atoms with Gasteiger partial charge in [0.2, 0.25) is 11.3 Å². The number of carbonyl (C=O) groups is 2. The molecule has 11 nitrogen and oxygen atoms in total. The molecule has 4 fully saturated rings. The van der Waals surface area contributed by atoms with Gasteiger partial charge in [-0.1, -0.05) is 99.9 Å². The average molecular weight is 822 g/mol. The van der Waals surface area contributed by atoms with Gasteiger partial charge in [0.25, 0.3) is 0 Å². The molecule has 1 amide bonds. The Morgan fingerprint density at radius 1 is 0.833 bits per heavy atom. The van der Waals surface area contributed by atoms with E-state index in [4.69, 9.17) is 9.47 Å². The number of benzene rings is 3. The third-order valence-electron chi connectivity index (χ3n) is 13.4. The molecule has 4 aromatic rings. The number of fused-ring (bicyclic) bond motifs is 4. The number of quaternary nitrogens is 1. The Kier molecular flexibility index (Phi) is 15.3. The first kappa shape index (κ1) is 43.4. The second-order valence-corrected chi connectivity index (χ2v) is 17.6. The van der Waals surface area contributed by atoms with E-state index in [0.717, 1.165) is 101 Å². The number of aromatic amines is 1. The number of pyridine rings is 1. The Labute approximate surface area is 354 Å². The van der Waals surface area contributed by atoms with Gasteiger partial charge >= 0.3 is 6.09 Å². The summed E-state index contributed by atoms with van der Waals surface area (Å²) in [6, 6.07) is 23.9. The molecule has 3 atom stereocenters. The van der Waals surface area contributed by atoms with Crippen LogP contribution in [0.15, 0.2) is 83.7 Å². The van der Waals surface area contributed by atoms with Crippen LogP contribution in [0.5, 0.6) is 11.5 Å². The molecule has 1 aromatic heterocycles. The number of rotatable bonds is 21. The van der Waals surface area contributed by atoms with Crippen molar-refractivity contribution in [2.75, 3.05) is 45.9 Å². The van der Waals surface area contributed by atoms with Crippen molar-refractivity contribution in [2.24, 2.45) is 11.8 Å². The summed E-state index contributed by atoms with van der Waals surface area (Å²) in [6.45, 7) is 4.95. The maximum atomic E-state index is 13.7. The quantitative estimate of drug-likeness (QED) is 0.0319. The fourth-order valence-electron chi connectivity index (χ4n) is 9.96. The van der Waals surface area contributed by atoms with Gasteiger partial charge in [0.1, 0.15) is 24.6 Å². The van der Waals surface area contributed by atoms with Gasteiger partial charge in [0.15, 0.2) is 6.10 Å². The molecule has 322 valence electrons. The van der Waals surface area contributed by atoms with Crippen LogP contribution in [0.3, 0.4) is 0 Å². The smallest absolute Gasteiger partial charge is 0.408 e. The number of unbranched alkanes of at least 4 members (excludes halogenated alkanes) is 6. The number of nitrogens with zero attached hydrogens (tertiary/aromatic N) is 1. The van der Waals surface area contributed by atoms with Gasteiger partial charge in [0.05, 0.1) is 37.4 Å². The van der Waals surface area contributed by atoms with Crippen LogP contribution in [0, 0.1) is 11.8 Å². The lowest BCUT2D eigenvalue weighted by atomic mass is 9.81. The highest BCUT2D eigenvalue weighted by atomic mass is 16.6. The number of carbonyl (C=O) groups excluding carboxylic acids is 2. The molecule has 60 heavy (non-hydrogen) atoms. The second-order valence-electron chi connectivity index (χ2n) is 17.6. The largest absolute Gasteiger partial charge is 0.506 e. The number of hydrogen-bond donors (Lipinski definition) is 5. The molecular formula is C49H65N4O7+. The minimum Gasteiger partial charge on any atom is -0.506 e. The summed E-state index contributed by atoms with van der Waals surface area (Å²) in [4.78, 5) is 41.2. The number of nitrogens with one attached hydrogen (secondary N) is 3. The fraction of sp³-hybridized carbons (Fsp3) is 0.531. The first-order valence-corrected chi connectivity index (χ1v) is 22.6. The predicted molar refractivity (Wildman–Crippen MR) is 234 cm³/mol. The number of hydrogen-bond acceptors (Lipinski definition) is 8. The van der Waals surface area contributed by atoms with Crippen LogP contribution in [0.2, 0.25) is 0 Å². The Balaban J connectivity index is 0.804. The second kappa shape index (κ2) is 21.2. The van der Waals surface area contributed by atoms with Crippen molar-refractivity contribution >= 4 is 22.8 Å². The van der Waals surface area contributed by atoms with E-state index in [1.54, 1.807) is 12.1 Å². The Bertz CT molecular complexity index is 2060. The van der Waals surface area contributed by atoms with Gasteiger partial charge in [-0.15, -0.1) is 0 Å². The molecule has 3 aromatic carbocycles. The van der Waals surface area contributed by atoms with Gasteiger partial charge in [-0.05, 0) is 73.5 Å². The first-order valence-electron chi connectivity index (χ1n) is 22.6. The lowest BCUT2D eigenvalue weighted by Gasteiger charge is -2.51. The van der Waals surface area contributed by atoms with Crippen molar-refractivity contribution in [1.29, 1.82) is 0 Å². The van der Waals surface area contributed by atoms with E-state index < -0.39 is 6.10 Å². The third kappa shape index (κ3) is 11.6. The monoisotopic (exact) mass is 821 g/mol. The number of aliphatic hydroxyl groups is 1. The van der Waals surface area contributed by atoms with Crippen LogP contribution in [0.1, 0.15) is 124 Å². The number of aliphatic hydroxyl groups excluding tert-OH is 1. The Morgan fingerprint density at radius 3 is 2.37 bits per heavy atom. The molecule has 8 rings (SSSR count). The number of phenolic OH excluding ortho intramolecular Hbond substituents is 1. The standard InChI is InChI=1S/C49H64N4O7/c54-42-23-21-40(41-22-24-46(57)51-48(41)42)43(55)32-50-27-12-4-2-1-3-5-13-30-59-39-20-14-19-38(31-39)47(37-17-10-7-11-18-37)52-49(58)60-45-34-53(28-25-36(45)26-29-53)33-44(56)35-15-8-6-9-16-35/h6,8-9,14-16,19-24,31,36-37,43,45,47,50,55H,1-5,7,10-13,17-18,25-30,32-34H2,(H2-,51,52,54,57,58)/p+1/t36?,43-,45+,47?,53?/m1/s1. The van der Waals surface area contributed by atoms with E-state index in [2.05, 4.69) is 27.8 Å². The molecule has 0 radical (unpaired) electrons. The number of piperidine rings is 3. The summed E-state index contributed by atoms with van der Waals surface area (Å²) in [5.41, 5.74) is 2.54. The summed E-state index contributed by atoms with van der Waals surface area (Å²) >= 11 is 0. The van der Waals surface area contributed by atoms with Crippen molar-refractivity contribution in [2.45, 2.75) is 108 Å². The molecule has 4 heterocycles. The summed E-state index contributed by atoms with van der Waals surface area (Å²) in [6.07, 6.45) is 14.1. The van der Waals surface area contributed by atoms with Gasteiger partial charge in [-0.25, -0.2) is 4.79 Å². The number of aromatic hydroxyl groups is 1. The molecule has 1 saturated carbocycles. The minimum atomic E-state index is -0.747. The lowest BCUT2D eigenvalue weighted by molar-refractivity contribution is -0.938. The van der Waals surface area contributed by atoms with Crippen LogP contribution in [0.4, 0.5) is 4.79 Å². The topological polar surface area (TPSA) is 150 Å². The molecule has 1 aliphatic carbocycles.